The molecule has 0 bridgehead atoms. The minimum Gasteiger partial charge on any atom is -0.383 e. The summed E-state index contributed by atoms with van der Waals surface area (Å²) in [5.74, 6) is 0.190. The number of benzene rings is 1. The van der Waals surface area contributed by atoms with Crippen molar-refractivity contribution in [1.82, 2.24) is 24.2 Å². The lowest BCUT2D eigenvalue weighted by molar-refractivity contribution is 0.102. The number of carbonyl (C=O) groups excluding carboxylic acids is 1. The second-order valence-corrected chi connectivity index (χ2v) is 7.56. The van der Waals surface area contributed by atoms with Crippen LogP contribution in [0.25, 0.3) is 0 Å². The van der Waals surface area contributed by atoms with Crippen LogP contribution in [-0.4, -0.2) is 56.4 Å². The number of aromatic nitrogens is 4. The number of amides is 1. The fraction of sp³-hybridized carbons (Fsp3) is 0.381. The van der Waals surface area contributed by atoms with Crippen molar-refractivity contribution < 1.29 is 13.9 Å². The molecule has 4 rings (SSSR count). The van der Waals surface area contributed by atoms with Crippen LogP contribution in [0.1, 0.15) is 28.6 Å². The van der Waals surface area contributed by atoms with Gasteiger partial charge in [0, 0.05) is 50.9 Å². The first kappa shape index (κ1) is 20.2. The van der Waals surface area contributed by atoms with E-state index in [1.165, 1.54) is 18.2 Å². The van der Waals surface area contributed by atoms with E-state index in [0.717, 1.165) is 25.3 Å². The molecule has 0 unspecified atom stereocenters. The van der Waals surface area contributed by atoms with Crippen LogP contribution >= 0.6 is 0 Å². The number of aryl methyl sites for hydroxylation is 1. The van der Waals surface area contributed by atoms with Gasteiger partial charge in [-0.25, -0.2) is 9.37 Å². The molecule has 2 aromatic heterocycles. The lowest BCUT2D eigenvalue weighted by atomic mass is 10.2. The summed E-state index contributed by atoms with van der Waals surface area (Å²) < 4.78 is 22.7. The highest BCUT2D eigenvalue weighted by Crippen LogP contribution is 2.29. The number of nitrogens with one attached hydrogen (secondary N) is 1. The Labute approximate surface area is 174 Å². The van der Waals surface area contributed by atoms with Gasteiger partial charge in [0.05, 0.1) is 31.1 Å². The van der Waals surface area contributed by atoms with E-state index in [1.807, 2.05) is 28.7 Å². The molecule has 9 heteroatoms. The molecule has 0 aliphatic carbocycles. The van der Waals surface area contributed by atoms with Crippen molar-refractivity contribution in [2.24, 2.45) is 7.05 Å². The largest absolute Gasteiger partial charge is 0.383 e. The normalized spacial score (nSPS) is 19.3. The molecule has 1 aromatic carbocycles. The summed E-state index contributed by atoms with van der Waals surface area (Å²) in [7, 11) is 3.70. The number of likely N-dealkylation sites (tertiary alicyclic amines) is 1. The third-order valence-corrected chi connectivity index (χ3v) is 5.45. The molecule has 3 aromatic rings. The maximum absolute atomic E-state index is 13.4. The molecule has 1 saturated heterocycles. The first-order chi connectivity index (χ1) is 14.5. The third kappa shape index (κ3) is 4.42. The van der Waals surface area contributed by atoms with Crippen molar-refractivity contribution in [2.45, 2.75) is 25.0 Å². The van der Waals surface area contributed by atoms with Gasteiger partial charge in [-0.05, 0) is 24.6 Å². The van der Waals surface area contributed by atoms with Gasteiger partial charge in [-0.3, -0.25) is 14.4 Å². The van der Waals surface area contributed by atoms with Crippen molar-refractivity contribution in [1.29, 1.82) is 0 Å². The monoisotopic (exact) mass is 412 g/mol. The van der Waals surface area contributed by atoms with Gasteiger partial charge in [0.25, 0.3) is 5.91 Å². The molecule has 2 atom stereocenters. The number of imidazole rings is 1. The molecule has 1 N–H and O–H groups in total. The number of rotatable bonds is 7. The van der Waals surface area contributed by atoms with Crippen molar-refractivity contribution in [3.63, 3.8) is 0 Å². The minimum absolute atomic E-state index is 0.158. The van der Waals surface area contributed by atoms with Gasteiger partial charge in [-0.1, -0.05) is 6.07 Å². The second-order valence-electron chi connectivity index (χ2n) is 7.56. The Kier molecular flexibility index (Phi) is 5.91. The van der Waals surface area contributed by atoms with Crippen LogP contribution in [0.4, 0.5) is 10.1 Å². The quantitative estimate of drug-likeness (QED) is 0.645. The number of methoxy groups -OCH3 is 1. The van der Waals surface area contributed by atoms with Gasteiger partial charge >= 0.3 is 0 Å². The third-order valence-electron chi connectivity index (χ3n) is 5.45. The summed E-state index contributed by atoms with van der Waals surface area (Å²) in [5.41, 5.74) is 0.847. The molecule has 30 heavy (non-hydrogen) atoms. The number of hydrogen-bond acceptors (Lipinski definition) is 5. The maximum atomic E-state index is 13.4. The van der Waals surface area contributed by atoms with E-state index in [4.69, 9.17) is 4.74 Å². The standard InChI is InChI=1S/C21H25FN6O2/c1-26-7-6-23-20(26)13-27-12-18(9-19(27)14-30-2)28-11-17(10-24-28)25-21(29)15-4-3-5-16(22)8-15/h3-8,10-11,18-19H,9,12-14H2,1-2H3,(H,25,29)/t18-,19-/m0/s1. The Morgan fingerprint density at radius 2 is 2.27 bits per heavy atom. The average Bonchev–Trinajstić information content (AvgIpc) is 3.44. The molecular formula is C21H25FN6O2. The van der Waals surface area contributed by atoms with Crippen LogP contribution in [-0.2, 0) is 18.3 Å². The Bertz CT molecular complexity index is 1020. The molecule has 1 aliphatic heterocycles. The van der Waals surface area contributed by atoms with Crippen LogP contribution in [0.15, 0.2) is 49.1 Å². The summed E-state index contributed by atoms with van der Waals surface area (Å²) in [4.78, 5) is 19.1. The number of ether oxygens (including phenoxy) is 1. The lowest BCUT2D eigenvalue weighted by Crippen LogP contribution is -2.33. The molecule has 1 amide bonds. The van der Waals surface area contributed by atoms with Gasteiger partial charge in [-0.15, -0.1) is 0 Å². The van der Waals surface area contributed by atoms with Gasteiger partial charge in [0.1, 0.15) is 11.6 Å². The van der Waals surface area contributed by atoms with E-state index < -0.39 is 5.82 Å². The molecule has 0 radical (unpaired) electrons. The van der Waals surface area contributed by atoms with Crippen molar-refractivity contribution >= 4 is 11.6 Å². The maximum Gasteiger partial charge on any atom is 0.255 e. The molecule has 8 nitrogen and oxygen atoms in total. The highest BCUT2D eigenvalue weighted by atomic mass is 19.1. The molecule has 1 fully saturated rings. The van der Waals surface area contributed by atoms with E-state index in [0.29, 0.717) is 12.3 Å². The van der Waals surface area contributed by atoms with Crippen LogP contribution in [0.2, 0.25) is 0 Å². The van der Waals surface area contributed by atoms with Gasteiger partial charge in [0.2, 0.25) is 0 Å². The highest BCUT2D eigenvalue weighted by molar-refractivity contribution is 6.04. The van der Waals surface area contributed by atoms with E-state index in [9.17, 15) is 9.18 Å². The molecule has 0 saturated carbocycles. The SMILES string of the molecule is COC[C@@H]1C[C@H](n2cc(NC(=O)c3cccc(F)c3)cn2)CN1Cc1nccn1C. The predicted molar refractivity (Wildman–Crippen MR) is 110 cm³/mol. The molecule has 0 spiro atoms. The van der Waals surface area contributed by atoms with Crippen molar-refractivity contribution in [3.8, 4) is 0 Å². The molecule has 1 aliphatic rings. The topological polar surface area (TPSA) is 77.2 Å². The number of anilines is 1. The van der Waals surface area contributed by atoms with E-state index in [2.05, 4.69) is 20.3 Å². The van der Waals surface area contributed by atoms with Gasteiger partial charge < -0.3 is 14.6 Å². The zero-order valence-corrected chi connectivity index (χ0v) is 17.0. The Morgan fingerprint density at radius 1 is 1.40 bits per heavy atom. The first-order valence-corrected chi connectivity index (χ1v) is 9.83. The fourth-order valence-corrected chi connectivity index (χ4v) is 3.87. The number of halogens is 1. The van der Waals surface area contributed by atoms with Crippen LogP contribution < -0.4 is 5.32 Å². The van der Waals surface area contributed by atoms with Crippen LogP contribution in [0, 0.1) is 5.82 Å². The van der Waals surface area contributed by atoms with Crippen molar-refractivity contribution in [3.05, 3.63) is 66.3 Å². The van der Waals surface area contributed by atoms with Gasteiger partial charge in [-0.2, -0.15) is 5.10 Å². The Hall–Kier alpha value is -3.04. The first-order valence-electron chi connectivity index (χ1n) is 9.83. The number of hydrogen-bond donors (Lipinski definition) is 1. The average molecular weight is 412 g/mol. The summed E-state index contributed by atoms with van der Waals surface area (Å²) in [5, 5.41) is 7.23. The van der Waals surface area contributed by atoms with E-state index in [-0.39, 0.29) is 23.6 Å². The zero-order chi connectivity index (χ0) is 21.1. The smallest absolute Gasteiger partial charge is 0.255 e. The fourth-order valence-electron chi connectivity index (χ4n) is 3.87. The van der Waals surface area contributed by atoms with E-state index in [1.54, 1.807) is 25.6 Å². The summed E-state index contributed by atoms with van der Waals surface area (Å²) in [6, 6.07) is 6.02. The minimum atomic E-state index is -0.443. The number of carbonyl (C=O) groups is 1. The van der Waals surface area contributed by atoms with Gasteiger partial charge in [0.15, 0.2) is 0 Å². The summed E-state index contributed by atoms with van der Waals surface area (Å²) in [6.45, 7) is 2.17. The van der Waals surface area contributed by atoms with E-state index >= 15 is 0 Å². The predicted octanol–water partition coefficient (Wildman–Crippen LogP) is 2.47. The zero-order valence-electron chi connectivity index (χ0n) is 17.0. The second kappa shape index (κ2) is 8.76. The molecular weight excluding hydrogens is 387 g/mol. The Balaban J connectivity index is 1.43. The Morgan fingerprint density at radius 3 is 3.00 bits per heavy atom. The van der Waals surface area contributed by atoms with Crippen LogP contribution in [0.3, 0.4) is 0 Å². The number of nitrogens with zero attached hydrogens (tertiary/aromatic N) is 5. The summed E-state index contributed by atoms with van der Waals surface area (Å²) in [6.07, 6.45) is 8.06. The summed E-state index contributed by atoms with van der Waals surface area (Å²) >= 11 is 0. The van der Waals surface area contributed by atoms with Crippen LogP contribution in [0.5, 0.6) is 0 Å². The highest BCUT2D eigenvalue weighted by Gasteiger charge is 2.34. The van der Waals surface area contributed by atoms with Crippen molar-refractivity contribution in [2.75, 3.05) is 25.6 Å². The molecule has 3 heterocycles. The lowest BCUT2D eigenvalue weighted by Gasteiger charge is -2.22. The molecule has 158 valence electrons.